The lowest BCUT2D eigenvalue weighted by molar-refractivity contribution is -0.120. The predicted molar refractivity (Wildman–Crippen MR) is 103 cm³/mol. The van der Waals surface area contributed by atoms with Gasteiger partial charge in [-0.05, 0) is 39.5 Å². The number of aryl methyl sites for hydroxylation is 1. The number of hydrazone groups is 1. The molecule has 1 N–H and O–H groups in total. The summed E-state index contributed by atoms with van der Waals surface area (Å²) in [5.74, 6) is 1.09. The molecule has 2 aromatic rings. The van der Waals surface area contributed by atoms with Gasteiger partial charge >= 0.3 is 0 Å². The zero-order chi connectivity index (χ0) is 18.2. The van der Waals surface area contributed by atoms with Crippen molar-refractivity contribution in [3.05, 3.63) is 57.6 Å². The molecule has 0 heterocycles. The Labute approximate surface area is 156 Å². The van der Waals surface area contributed by atoms with Crippen molar-refractivity contribution in [1.29, 1.82) is 0 Å². The van der Waals surface area contributed by atoms with Crippen LogP contribution in [-0.2, 0) is 17.6 Å². The summed E-state index contributed by atoms with van der Waals surface area (Å²) in [6, 6.07) is 11.6. The van der Waals surface area contributed by atoms with Crippen molar-refractivity contribution in [3.63, 3.8) is 0 Å². The predicted octanol–water partition coefficient (Wildman–Crippen LogP) is 3.72. The van der Waals surface area contributed by atoms with Gasteiger partial charge < -0.3 is 9.47 Å². The fourth-order valence-electron chi connectivity index (χ4n) is 2.28. The van der Waals surface area contributed by atoms with Gasteiger partial charge in [-0.1, -0.05) is 31.2 Å². The van der Waals surface area contributed by atoms with Crippen LogP contribution >= 0.6 is 15.9 Å². The number of carbonyl (C=O) groups excluding carboxylic acids is 1. The Balaban J connectivity index is 1.99. The number of hydrogen-bond donors (Lipinski definition) is 1. The Kier molecular flexibility index (Phi) is 7.01. The second-order valence-electron chi connectivity index (χ2n) is 5.37. The average Bonchev–Trinajstić information content (AvgIpc) is 2.62. The number of amides is 1. The molecule has 0 spiro atoms. The molecule has 0 radical (unpaired) electrons. The van der Waals surface area contributed by atoms with E-state index in [0.29, 0.717) is 11.5 Å². The van der Waals surface area contributed by atoms with Gasteiger partial charge in [0.1, 0.15) is 11.5 Å². The molecule has 0 aliphatic heterocycles. The van der Waals surface area contributed by atoms with E-state index >= 15 is 0 Å². The summed E-state index contributed by atoms with van der Waals surface area (Å²) in [6.07, 6.45) is 2.81. The molecule has 0 fully saturated rings. The Bertz CT molecular complexity index is 758. The number of nitrogens with one attached hydrogen (secondary N) is 1. The van der Waals surface area contributed by atoms with Crippen molar-refractivity contribution in [1.82, 2.24) is 5.43 Å². The lowest BCUT2D eigenvalue weighted by atomic mass is 10.1. The van der Waals surface area contributed by atoms with Gasteiger partial charge in [-0.15, -0.1) is 0 Å². The molecule has 2 aromatic carbocycles. The number of methoxy groups -OCH3 is 2. The zero-order valence-corrected chi connectivity index (χ0v) is 16.1. The van der Waals surface area contributed by atoms with Gasteiger partial charge in [0.05, 0.1) is 31.3 Å². The molecule has 0 saturated heterocycles. The normalized spacial score (nSPS) is 10.7. The standard InChI is InChI=1S/C19H21BrN2O3/c1-4-13-5-7-14(8-6-13)9-19(23)22-21-12-15-10-16(20)18(25-3)11-17(15)24-2/h5-8,10-12H,4,9H2,1-3H3,(H,22,23)/b21-12+. The molecule has 0 bridgehead atoms. The van der Waals surface area contributed by atoms with Crippen molar-refractivity contribution in [2.45, 2.75) is 19.8 Å². The molecule has 132 valence electrons. The van der Waals surface area contributed by atoms with Gasteiger partial charge in [0.15, 0.2) is 0 Å². The van der Waals surface area contributed by atoms with Crippen LogP contribution in [0.25, 0.3) is 0 Å². The van der Waals surface area contributed by atoms with Crippen molar-refractivity contribution < 1.29 is 14.3 Å². The van der Waals surface area contributed by atoms with E-state index < -0.39 is 0 Å². The number of hydrogen-bond acceptors (Lipinski definition) is 4. The Morgan fingerprint density at radius 2 is 1.76 bits per heavy atom. The van der Waals surface area contributed by atoms with E-state index in [1.54, 1.807) is 26.5 Å². The van der Waals surface area contributed by atoms with Crippen molar-refractivity contribution in [3.8, 4) is 11.5 Å². The van der Waals surface area contributed by atoms with Gasteiger partial charge in [-0.25, -0.2) is 5.43 Å². The van der Waals surface area contributed by atoms with E-state index in [9.17, 15) is 4.79 Å². The molecule has 6 heteroatoms. The van der Waals surface area contributed by atoms with E-state index in [0.717, 1.165) is 22.0 Å². The van der Waals surface area contributed by atoms with E-state index in [4.69, 9.17) is 9.47 Å². The molecular formula is C19H21BrN2O3. The molecule has 0 aliphatic rings. The summed E-state index contributed by atoms with van der Waals surface area (Å²) in [7, 11) is 3.15. The van der Waals surface area contributed by atoms with Crippen LogP contribution in [0.4, 0.5) is 0 Å². The highest BCUT2D eigenvalue weighted by Gasteiger charge is 2.08. The highest BCUT2D eigenvalue weighted by molar-refractivity contribution is 9.10. The topological polar surface area (TPSA) is 59.9 Å². The first kappa shape index (κ1) is 19.0. The van der Waals surface area contributed by atoms with Gasteiger partial charge in [0, 0.05) is 11.6 Å². The fraction of sp³-hybridized carbons (Fsp3) is 0.263. The Morgan fingerprint density at radius 3 is 2.36 bits per heavy atom. The number of carbonyl (C=O) groups is 1. The maximum atomic E-state index is 12.0. The smallest absolute Gasteiger partial charge is 0.244 e. The van der Waals surface area contributed by atoms with Crippen molar-refractivity contribution in [2.75, 3.05) is 14.2 Å². The molecular weight excluding hydrogens is 384 g/mol. The summed E-state index contributed by atoms with van der Waals surface area (Å²) in [5, 5.41) is 4.01. The van der Waals surface area contributed by atoms with E-state index in [1.807, 2.05) is 30.3 Å². The van der Waals surface area contributed by atoms with Crippen LogP contribution in [0, 0.1) is 0 Å². The minimum atomic E-state index is -0.174. The summed E-state index contributed by atoms with van der Waals surface area (Å²) in [4.78, 5) is 12.0. The number of benzene rings is 2. The van der Waals surface area contributed by atoms with Crippen LogP contribution in [-0.4, -0.2) is 26.3 Å². The first-order valence-corrected chi connectivity index (χ1v) is 8.68. The van der Waals surface area contributed by atoms with Gasteiger partial charge in [-0.3, -0.25) is 4.79 Å². The van der Waals surface area contributed by atoms with E-state index in [2.05, 4.69) is 33.4 Å². The molecule has 0 saturated carbocycles. The quantitative estimate of drug-likeness (QED) is 0.564. The molecule has 5 nitrogen and oxygen atoms in total. The van der Waals surface area contributed by atoms with E-state index in [-0.39, 0.29) is 12.3 Å². The third-order valence-electron chi connectivity index (χ3n) is 3.69. The monoisotopic (exact) mass is 404 g/mol. The second-order valence-corrected chi connectivity index (χ2v) is 6.22. The summed E-state index contributed by atoms with van der Waals surface area (Å²) < 4.78 is 11.3. The highest BCUT2D eigenvalue weighted by atomic mass is 79.9. The minimum Gasteiger partial charge on any atom is -0.496 e. The molecule has 0 unspecified atom stereocenters. The summed E-state index contributed by atoms with van der Waals surface area (Å²) >= 11 is 3.42. The Hall–Kier alpha value is -2.34. The van der Waals surface area contributed by atoms with E-state index in [1.165, 1.54) is 5.56 Å². The molecule has 0 aliphatic carbocycles. The summed E-state index contributed by atoms with van der Waals surface area (Å²) in [6.45, 7) is 2.10. The van der Waals surface area contributed by atoms with Crippen LogP contribution in [0.2, 0.25) is 0 Å². The third kappa shape index (κ3) is 5.32. The number of rotatable bonds is 7. The molecule has 0 atom stereocenters. The fourth-order valence-corrected chi connectivity index (χ4v) is 2.80. The number of halogens is 1. The molecule has 1 amide bonds. The Morgan fingerprint density at radius 1 is 1.12 bits per heavy atom. The first-order chi connectivity index (χ1) is 12.1. The largest absolute Gasteiger partial charge is 0.496 e. The minimum absolute atomic E-state index is 0.174. The lowest BCUT2D eigenvalue weighted by Gasteiger charge is -2.09. The van der Waals surface area contributed by atoms with Crippen molar-refractivity contribution >= 4 is 28.1 Å². The van der Waals surface area contributed by atoms with Gasteiger partial charge in [-0.2, -0.15) is 5.10 Å². The third-order valence-corrected chi connectivity index (χ3v) is 4.31. The SMILES string of the molecule is CCc1ccc(CC(=O)N/N=C/c2cc(Br)c(OC)cc2OC)cc1. The average molecular weight is 405 g/mol. The van der Waals surface area contributed by atoms with Crippen LogP contribution in [0.5, 0.6) is 11.5 Å². The van der Waals surface area contributed by atoms with Gasteiger partial charge in [0.2, 0.25) is 5.91 Å². The highest BCUT2D eigenvalue weighted by Crippen LogP contribution is 2.31. The zero-order valence-electron chi connectivity index (χ0n) is 14.5. The maximum Gasteiger partial charge on any atom is 0.244 e. The first-order valence-electron chi connectivity index (χ1n) is 7.88. The van der Waals surface area contributed by atoms with Crippen molar-refractivity contribution in [2.24, 2.45) is 5.10 Å². The van der Waals surface area contributed by atoms with Gasteiger partial charge in [0.25, 0.3) is 0 Å². The molecule has 25 heavy (non-hydrogen) atoms. The van der Waals surface area contributed by atoms with Crippen LogP contribution < -0.4 is 14.9 Å². The lowest BCUT2D eigenvalue weighted by Crippen LogP contribution is -2.19. The maximum absolute atomic E-state index is 12.0. The number of ether oxygens (including phenoxy) is 2. The summed E-state index contributed by atoms with van der Waals surface area (Å²) in [5.41, 5.74) is 5.46. The molecule has 0 aromatic heterocycles. The second kappa shape index (κ2) is 9.22. The van der Waals surface area contributed by atoms with Crippen LogP contribution in [0.15, 0.2) is 46.0 Å². The van der Waals surface area contributed by atoms with Crippen LogP contribution in [0.3, 0.4) is 0 Å². The number of nitrogens with zero attached hydrogens (tertiary/aromatic N) is 1. The molecule has 2 rings (SSSR count). The van der Waals surface area contributed by atoms with Crippen LogP contribution in [0.1, 0.15) is 23.6 Å².